The lowest BCUT2D eigenvalue weighted by Crippen LogP contribution is -2.43. The molecule has 2 N–H and O–H groups in total. The van der Waals surface area contributed by atoms with Crippen molar-refractivity contribution in [1.82, 2.24) is 10.6 Å². The first-order valence-electron chi connectivity index (χ1n) is 9.22. The molecule has 6 heteroatoms. The molecule has 26 heavy (non-hydrogen) atoms. The van der Waals surface area contributed by atoms with Crippen LogP contribution in [0.3, 0.4) is 0 Å². The van der Waals surface area contributed by atoms with Gasteiger partial charge in [-0.25, -0.2) is 0 Å². The highest BCUT2D eigenvalue weighted by molar-refractivity contribution is 5.81. The number of hydrogen-bond acceptors (Lipinski definition) is 4. The highest BCUT2D eigenvalue weighted by atomic mass is 16.5. The van der Waals surface area contributed by atoms with E-state index < -0.39 is 12.0 Å². The van der Waals surface area contributed by atoms with E-state index in [9.17, 15) is 14.4 Å². The predicted octanol–water partition coefficient (Wildman–Crippen LogP) is 2.49. The number of esters is 1. The minimum absolute atomic E-state index is 0.0172. The average Bonchev–Trinajstić information content (AvgIpc) is 2.62. The van der Waals surface area contributed by atoms with Crippen LogP contribution in [-0.4, -0.2) is 30.4 Å². The first-order valence-corrected chi connectivity index (χ1v) is 9.22. The summed E-state index contributed by atoms with van der Waals surface area (Å²) in [5.41, 5.74) is 0.820. The second-order valence-corrected chi connectivity index (χ2v) is 6.96. The monoisotopic (exact) mass is 360 g/mol. The molecular weight excluding hydrogens is 332 g/mol. The van der Waals surface area contributed by atoms with Crippen LogP contribution in [0.1, 0.15) is 57.6 Å². The van der Waals surface area contributed by atoms with Gasteiger partial charge in [-0.1, -0.05) is 50.1 Å². The molecule has 6 nitrogen and oxygen atoms in total. The first-order chi connectivity index (χ1) is 12.5. The van der Waals surface area contributed by atoms with Gasteiger partial charge in [-0.05, 0) is 24.3 Å². The second kappa shape index (κ2) is 9.94. The van der Waals surface area contributed by atoms with Gasteiger partial charge in [0.2, 0.25) is 5.91 Å². The molecular formula is C20H28N2O4. The normalized spacial score (nSPS) is 20.7. The maximum atomic E-state index is 12.1. The number of benzene rings is 1. The zero-order valence-corrected chi connectivity index (χ0v) is 15.5. The molecule has 0 aromatic heterocycles. The minimum Gasteiger partial charge on any atom is -0.456 e. The van der Waals surface area contributed by atoms with Gasteiger partial charge in [0.05, 0.1) is 12.5 Å². The minimum atomic E-state index is -0.514. The van der Waals surface area contributed by atoms with Crippen LogP contribution in [0, 0.1) is 5.92 Å². The van der Waals surface area contributed by atoms with Crippen LogP contribution in [0.5, 0.6) is 0 Å². The lowest BCUT2D eigenvalue weighted by molar-refractivity contribution is -0.149. The molecule has 1 aliphatic carbocycles. The quantitative estimate of drug-likeness (QED) is 0.732. The van der Waals surface area contributed by atoms with E-state index in [0.717, 1.165) is 24.8 Å². The van der Waals surface area contributed by atoms with E-state index in [1.807, 2.05) is 30.3 Å². The Kier molecular flexibility index (Phi) is 7.63. The highest BCUT2D eigenvalue weighted by Gasteiger charge is 2.23. The van der Waals surface area contributed by atoms with Crippen LogP contribution < -0.4 is 10.6 Å². The van der Waals surface area contributed by atoms with Crippen LogP contribution in [0.15, 0.2) is 30.3 Å². The highest BCUT2D eigenvalue weighted by Crippen LogP contribution is 2.23. The maximum Gasteiger partial charge on any atom is 0.308 e. The second-order valence-electron chi connectivity index (χ2n) is 6.96. The molecule has 0 unspecified atom stereocenters. The van der Waals surface area contributed by atoms with Gasteiger partial charge in [0.1, 0.15) is 0 Å². The molecule has 2 amide bonds. The van der Waals surface area contributed by atoms with Gasteiger partial charge in [-0.15, -0.1) is 0 Å². The van der Waals surface area contributed by atoms with Crippen molar-refractivity contribution in [3.05, 3.63) is 35.9 Å². The van der Waals surface area contributed by atoms with Crippen LogP contribution in [0.25, 0.3) is 0 Å². The van der Waals surface area contributed by atoms with E-state index in [1.54, 1.807) is 0 Å². The summed E-state index contributed by atoms with van der Waals surface area (Å²) in [7, 11) is 0. The van der Waals surface area contributed by atoms with Gasteiger partial charge in [0, 0.05) is 13.0 Å². The maximum absolute atomic E-state index is 12.1. The Bertz CT molecular complexity index is 617. The van der Waals surface area contributed by atoms with E-state index in [0.29, 0.717) is 5.92 Å². The molecule has 0 radical (unpaired) electrons. The number of carbonyl (C=O) groups excluding carboxylic acids is 3. The summed E-state index contributed by atoms with van der Waals surface area (Å²) in [6.07, 6.45) is 4.38. The molecule has 1 aliphatic rings. The smallest absolute Gasteiger partial charge is 0.308 e. The Balaban J connectivity index is 1.81. The van der Waals surface area contributed by atoms with Crippen LogP contribution in [0.2, 0.25) is 0 Å². The number of ether oxygens (including phenoxy) is 1. The lowest BCUT2D eigenvalue weighted by atomic mass is 9.86. The van der Waals surface area contributed by atoms with E-state index in [2.05, 4.69) is 17.6 Å². The van der Waals surface area contributed by atoms with Gasteiger partial charge in [0.15, 0.2) is 6.61 Å². The van der Waals surface area contributed by atoms with E-state index >= 15 is 0 Å². The standard InChI is InChI=1S/C20H28N2O4/c1-14-8-6-7-11-17(14)22-19(24)13-26-20(25)12-18(21-15(2)23)16-9-4-3-5-10-16/h3-5,9-10,14,17-18H,6-8,11-13H2,1-2H3,(H,21,23)(H,22,24)/t14-,17+,18-/m0/s1. The fourth-order valence-corrected chi connectivity index (χ4v) is 3.33. The van der Waals surface area contributed by atoms with E-state index in [-0.39, 0.29) is 30.9 Å². The molecule has 0 aliphatic heterocycles. The van der Waals surface area contributed by atoms with Crippen molar-refractivity contribution in [1.29, 1.82) is 0 Å². The van der Waals surface area contributed by atoms with E-state index in [4.69, 9.17) is 4.74 Å². The molecule has 2 rings (SSSR count). The van der Waals surface area contributed by atoms with Crippen LogP contribution in [-0.2, 0) is 19.1 Å². The summed E-state index contributed by atoms with van der Waals surface area (Å²) in [4.78, 5) is 35.6. The van der Waals surface area contributed by atoms with Crippen molar-refractivity contribution in [3.63, 3.8) is 0 Å². The van der Waals surface area contributed by atoms with Gasteiger partial charge in [-0.2, -0.15) is 0 Å². The molecule has 0 saturated heterocycles. The summed E-state index contributed by atoms with van der Waals surface area (Å²) >= 11 is 0. The van der Waals surface area contributed by atoms with Gasteiger partial charge in [-0.3, -0.25) is 14.4 Å². The Morgan fingerprint density at radius 3 is 2.50 bits per heavy atom. The SMILES string of the molecule is CC(=O)N[C@@H](CC(=O)OCC(=O)N[C@@H]1CCCC[C@@H]1C)c1ccccc1. The fraction of sp³-hybridized carbons (Fsp3) is 0.550. The first kappa shape index (κ1) is 19.9. The lowest BCUT2D eigenvalue weighted by Gasteiger charge is -2.29. The summed E-state index contributed by atoms with van der Waals surface area (Å²) in [5.74, 6) is -0.561. The number of nitrogens with one attached hydrogen (secondary N) is 2. The molecule has 0 bridgehead atoms. The van der Waals surface area contributed by atoms with Crippen molar-refractivity contribution >= 4 is 17.8 Å². The number of rotatable bonds is 7. The van der Waals surface area contributed by atoms with E-state index in [1.165, 1.54) is 13.3 Å². The summed E-state index contributed by atoms with van der Waals surface area (Å²) in [6, 6.07) is 8.91. The molecule has 0 heterocycles. The average molecular weight is 360 g/mol. The topological polar surface area (TPSA) is 84.5 Å². The number of hydrogen-bond donors (Lipinski definition) is 2. The third-order valence-electron chi connectivity index (χ3n) is 4.77. The molecule has 1 saturated carbocycles. The van der Waals surface area contributed by atoms with Crippen molar-refractivity contribution in [3.8, 4) is 0 Å². The molecule has 3 atom stereocenters. The van der Waals surface area contributed by atoms with Crippen molar-refractivity contribution in [2.24, 2.45) is 5.92 Å². The molecule has 1 aromatic carbocycles. The van der Waals surface area contributed by atoms with Gasteiger partial charge >= 0.3 is 5.97 Å². The van der Waals surface area contributed by atoms with Crippen LogP contribution >= 0.6 is 0 Å². The summed E-state index contributed by atoms with van der Waals surface area (Å²) in [6.45, 7) is 3.25. The Morgan fingerprint density at radius 1 is 1.15 bits per heavy atom. The molecule has 1 aromatic rings. The van der Waals surface area contributed by atoms with Gasteiger partial charge < -0.3 is 15.4 Å². The van der Waals surface area contributed by atoms with Crippen molar-refractivity contribution in [2.45, 2.75) is 58.0 Å². The summed E-state index contributed by atoms with van der Waals surface area (Å²) < 4.78 is 5.11. The number of carbonyl (C=O) groups is 3. The Hall–Kier alpha value is -2.37. The summed E-state index contributed by atoms with van der Waals surface area (Å²) in [5, 5.41) is 5.70. The van der Waals surface area contributed by atoms with Crippen molar-refractivity contribution < 1.29 is 19.1 Å². The third kappa shape index (κ3) is 6.50. The Labute approximate surface area is 154 Å². The zero-order valence-electron chi connectivity index (χ0n) is 15.5. The fourth-order valence-electron chi connectivity index (χ4n) is 3.33. The van der Waals surface area contributed by atoms with Crippen molar-refractivity contribution in [2.75, 3.05) is 6.61 Å². The zero-order chi connectivity index (χ0) is 18.9. The largest absolute Gasteiger partial charge is 0.456 e. The predicted molar refractivity (Wildman–Crippen MR) is 98.1 cm³/mol. The molecule has 0 spiro atoms. The molecule has 142 valence electrons. The third-order valence-corrected chi connectivity index (χ3v) is 4.77. The van der Waals surface area contributed by atoms with Gasteiger partial charge in [0.25, 0.3) is 5.91 Å². The molecule has 1 fully saturated rings. The number of amides is 2. The Morgan fingerprint density at radius 2 is 1.85 bits per heavy atom. The van der Waals surface area contributed by atoms with Crippen LogP contribution in [0.4, 0.5) is 0 Å².